The lowest BCUT2D eigenvalue weighted by molar-refractivity contribution is -0.113. The zero-order valence-corrected chi connectivity index (χ0v) is 16.6. The zero-order valence-electron chi connectivity index (χ0n) is 15.0. The molecule has 0 saturated carbocycles. The van der Waals surface area contributed by atoms with Gasteiger partial charge in [-0.3, -0.25) is 4.79 Å². The van der Waals surface area contributed by atoms with Gasteiger partial charge in [0.25, 0.3) is 5.91 Å². The second kappa shape index (κ2) is 9.01. The number of hydrogen-bond donors (Lipinski definition) is 0. The van der Waals surface area contributed by atoms with Crippen LogP contribution in [0.25, 0.3) is 16.3 Å². The number of rotatable bonds is 6. The Morgan fingerprint density at radius 3 is 2.77 bits per heavy atom. The number of nitrogens with zero attached hydrogens (tertiary/aromatic N) is 2. The summed E-state index contributed by atoms with van der Waals surface area (Å²) in [4.78, 5) is 17.5. The fourth-order valence-corrected chi connectivity index (χ4v) is 4.18. The van der Waals surface area contributed by atoms with Crippen LogP contribution in [0.3, 0.4) is 0 Å². The normalized spacial score (nSPS) is 12.3. The molecule has 134 valence electrons. The third kappa shape index (κ3) is 4.54. The lowest BCUT2D eigenvalue weighted by Crippen LogP contribution is -2.17. The molecule has 0 bridgehead atoms. The molecule has 0 spiro atoms. The van der Waals surface area contributed by atoms with Crippen LogP contribution in [0.2, 0.25) is 0 Å². The van der Waals surface area contributed by atoms with Gasteiger partial charge in [0.15, 0.2) is 4.80 Å². The molecule has 0 saturated heterocycles. The van der Waals surface area contributed by atoms with Crippen molar-refractivity contribution in [2.75, 3.05) is 12.0 Å². The van der Waals surface area contributed by atoms with E-state index >= 15 is 0 Å². The molecule has 0 radical (unpaired) electrons. The first-order chi connectivity index (χ1) is 12.7. The van der Waals surface area contributed by atoms with E-state index in [9.17, 15) is 4.79 Å². The predicted molar refractivity (Wildman–Crippen MR) is 114 cm³/mol. The molecule has 0 unspecified atom stereocenters. The first-order valence-corrected chi connectivity index (χ1v) is 10.9. The van der Waals surface area contributed by atoms with Crippen LogP contribution in [0.5, 0.6) is 0 Å². The van der Waals surface area contributed by atoms with Gasteiger partial charge in [0.1, 0.15) is 0 Å². The summed E-state index contributed by atoms with van der Waals surface area (Å²) in [6.07, 6.45) is 6.44. The van der Waals surface area contributed by atoms with Gasteiger partial charge in [-0.2, -0.15) is 16.8 Å². The van der Waals surface area contributed by atoms with E-state index in [0.29, 0.717) is 0 Å². The smallest absolute Gasteiger partial charge is 0.272 e. The Labute approximate surface area is 162 Å². The molecule has 3 nitrogen and oxygen atoms in total. The zero-order chi connectivity index (χ0) is 18.4. The Morgan fingerprint density at radius 1 is 1.23 bits per heavy atom. The molecule has 1 heterocycles. The summed E-state index contributed by atoms with van der Waals surface area (Å²) in [5.41, 5.74) is 3.45. The summed E-state index contributed by atoms with van der Waals surface area (Å²) >= 11 is 3.38. The minimum Gasteiger partial charge on any atom is -0.316 e. The van der Waals surface area contributed by atoms with E-state index in [1.54, 1.807) is 29.2 Å². The largest absolute Gasteiger partial charge is 0.316 e. The number of amides is 1. The van der Waals surface area contributed by atoms with Gasteiger partial charge in [-0.1, -0.05) is 54.7 Å². The highest BCUT2D eigenvalue weighted by atomic mass is 32.2. The summed E-state index contributed by atoms with van der Waals surface area (Å²) in [5.74, 6) is 0.761. The van der Waals surface area contributed by atoms with E-state index in [0.717, 1.165) is 34.6 Å². The first-order valence-electron chi connectivity index (χ1n) is 8.64. The molecule has 0 aliphatic heterocycles. The lowest BCUT2D eigenvalue weighted by Gasteiger charge is -2.04. The van der Waals surface area contributed by atoms with Crippen molar-refractivity contribution in [1.29, 1.82) is 0 Å². The lowest BCUT2D eigenvalue weighted by atomic mass is 10.2. The van der Waals surface area contributed by atoms with E-state index in [4.69, 9.17) is 0 Å². The fourth-order valence-electron chi connectivity index (χ4n) is 2.68. The van der Waals surface area contributed by atoms with Crippen LogP contribution in [0.4, 0.5) is 0 Å². The van der Waals surface area contributed by atoms with E-state index in [2.05, 4.69) is 40.9 Å². The van der Waals surface area contributed by atoms with Crippen LogP contribution in [0.1, 0.15) is 18.1 Å². The number of thioether (sulfide) groups is 1. The summed E-state index contributed by atoms with van der Waals surface area (Å²) in [6.45, 7) is 3.00. The van der Waals surface area contributed by atoms with Gasteiger partial charge in [-0.15, -0.1) is 0 Å². The standard InChI is InChI=1S/C21H22N2OS2/c1-3-16-9-11-18-19(15-16)26-21(23(18)13-14-25-2)22-20(24)12-10-17-7-5-4-6-8-17/h4-12,15H,3,13-14H2,1-2H3/b12-10+,22-21?. The monoisotopic (exact) mass is 382 g/mol. The molecular formula is C21H22N2OS2. The average molecular weight is 383 g/mol. The van der Waals surface area contributed by atoms with Crippen LogP contribution in [0, 0.1) is 0 Å². The minimum absolute atomic E-state index is 0.228. The number of aryl methyl sites for hydroxylation is 2. The maximum atomic E-state index is 12.3. The van der Waals surface area contributed by atoms with Crippen LogP contribution < -0.4 is 4.80 Å². The van der Waals surface area contributed by atoms with E-state index in [1.807, 2.05) is 30.3 Å². The van der Waals surface area contributed by atoms with Crippen LogP contribution in [-0.2, 0) is 17.8 Å². The van der Waals surface area contributed by atoms with Gasteiger partial charge in [-0.25, -0.2) is 0 Å². The Balaban J connectivity index is 1.97. The number of hydrogen-bond acceptors (Lipinski definition) is 3. The number of aromatic nitrogens is 1. The molecule has 3 rings (SSSR count). The number of carbonyl (C=O) groups excluding carboxylic acids is 1. The van der Waals surface area contributed by atoms with Gasteiger partial charge in [0.05, 0.1) is 10.2 Å². The Kier molecular flexibility index (Phi) is 6.47. The molecule has 0 aliphatic rings. The Morgan fingerprint density at radius 2 is 2.04 bits per heavy atom. The molecule has 1 aromatic heterocycles. The summed E-state index contributed by atoms with van der Waals surface area (Å²) in [6, 6.07) is 16.3. The summed E-state index contributed by atoms with van der Waals surface area (Å²) < 4.78 is 3.34. The van der Waals surface area contributed by atoms with Crippen molar-refractivity contribution in [1.82, 2.24) is 4.57 Å². The minimum atomic E-state index is -0.228. The van der Waals surface area contributed by atoms with Crippen molar-refractivity contribution < 1.29 is 4.79 Å². The second-order valence-corrected chi connectivity index (χ2v) is 7.87. The fraction of sp³-hybridized carbons (Fsp3) is 0.238. The van der Waals surface area contributed by atoms with Crippen LogP contribution >= 0.6 is 23.1 Å². The molecule has 0 fully saturated rings. The Hall–Kier alpha value is -2.11. The van der Waals surface area contributed by atoms with Gasteiger partial charge >= 0.3 is 0 Å². The molecule has 2 aromatic carbocycles. The summed E-state index contributed by atoms with van der Waals surface area (Å²) in [5, 5.41) is 0. The molecule has 5 heteroatoms. The topological polar surface area (TPSA) is 34.4 Å². The van der Waals surface area contributed by atoms with Gasteiger partial charge < -0.3 is 4.57 Å². The number of carbonyl (C=O) groups is 1. The first kappa shape index (κ1) is 18.7. The highest BCUT2D eigenvalue weighted by Gasteiger charge is 2.07. The maximum absolute atomic E-state index is 12.3. The number of fused-ring (bicyclic) bond motifs is 1. The molecule has 1 amide bonds. The predicted octanol–water partition coefficient (Wildman–Crippen LogP) is 4.77. The van der Waals surface area contributed by atoms with E-state index < -0.39 is 0 Å². The van der Waals surface area contributed by atoms with Crippen molar-refractivity contribution in [3.63, 3.8) is 0 Å². The van der Waals surface area contributed by atoms with Gasteiger partial charge in [0, 0.05) is 18.4 Å². The molecule has 3 aromatic rings. The quantitative estimate of drug-likeness (QED) is 0.576. The van der Waals surface area contributed by atoms with Crippen molar-refractivity contribution >= 4 is 45.3 Å². The van der Waals surface area contributed by atoms with E-state index in [1.165, 1.54) is 16.3 Å². The molecular weight excluding hydrogens is 360 g/mol. The highest BCUT2D eigenvalue weighted by molar-refractivity contribution is 7.98. The Bertz CT molecular complexity index is 984. The molecule has 0 N–H and O–H groups in total. The van der Waals surface area contributed by atoms with Gasteiger partial charge in [-0.05, 0) is 42.0 Å². The number of thiazole rings is 1. The second-order valence-electron chi connectivity index (χ2n) is 5.88. The SMILES string of the molecule is CCc1ccc2c(c1)sc(=NC(=O)/C=C/c1ccccc1)n2CCSC. The van der Waals surface area contributed by atoms with Crippen molar-refractivity contribution in [3.8, 4) is 0 Å². The average Bonchev–Trinajstić information content (AvgIpc) is 3.01. The number of benzene rings is 2. The summed E-state index contributed by atoms with van der Waals surface area (Å²) in [7, 11) is 0. The van der Waals surface area contributed by atoms with Crippen molar-refractivity contribution in [2.24, 2.45) is 4.99 Å². The molecule has 26 heavy (non-hydrogen) atoms. The van der Waals surface area contributed by atoms with Crippen LogP contribution in [0.15, 0.2) is 59.6 Å². The van der Waals surface area contributed by atoms with Gasteiger partial charge in [0.2, 0.25) is 0 Å². The maximum Gasteiger partial charge on any atom is 0.272 e. The molecule has 0 atom stereocenters. The molecule has 0 aliphatic carbocycles. The highest BCUT2D eigenvalue weighted by Crippen LogP contribution is 2.20. The van der Waals surface area contributed by atoms with Crippen LogP contribution in [-0.4, -0.2) is 22.5 Å². The van der Waals surface area contributed by atoms with E-state index in [-0.39, 0.29) is 5.91 Å². The van der Waals surface area contributed by atoms with Crippen molar-refractivity contribution in [3.05, 3.63) is 70.5 Å². The third-order valence-corrected chi connectivity index (χ3v) is 5.73. The van der Waals surface area contributed by atoms with Crippen molar-refractivity contribution in [2.45, 2.75) is 19.9 Å². The third-order valence-electron chi connectivity index (χ3n) is 4.10.